The summed E-state index contributed by atoms with van der Waals surface area (Å²) in [5.74, 6) is -0.0972. The maximum atomic E-state index is 12.5. The van der Waals surface area contributed by atoms with Crippen molar-refractivity contribution in [2.24, 2.45) is 0 Å². The molecule has 6 nitrogen and oxygen atoms in total. The Balaban J connectivity index is 1.56. The lowest BCUT2D eigenvalue weighted by Gasteiger charge is -2.35. The molecule has 0 aromatic heterocycles. The number of hydrogen-bond donors (Lipinski definition) is 0. The van der Waals surface area contributed by atoms with Crippen LogP contribution in [-0.4, -0.2) is 55.2 Å². The third kappa shape index (κ3) is 5.68. The largest absolute Gasteiger partial charge is 0.497 e. The van der Waals surface area contributed by atoms with E-state index in [1.165, 1.54) is 0 Å². The van der Waals surface area contributed by atoms with Gasteiger partial charge in [-0.05, 0) is 62.7 Å². The first-order valence-corrected chi connectivity index (χ1v) is 10.2. The molecule has 0 N–H and O–H groups in total. The first kappa shape index (κ1) is 22.0. The van der Waals surface area contributed by atoms with Gasteiger partial charge in [-0.15, -0.1) is 0 Å². The summed E-state index contributed by atoms with van der Waals surface area (Å²) in [7, 11) is 1.56. The predicted molar refractivity (Wildman–Crippen MR) is 114 cm³/mol. The van der Waals surface area contributed by atoms with Gasteiger partial charge < -0.3 is 14.2 Å². The summed E-state index contributed by atoms with van der Waals surface area (Å²) < 4.78 is 16.2. The zero-order chi connectivity index (χ0) is 21.7. The summed E-state index contributed by atoms with van der Waals surface area (Å²) in [4.78, 5) is 27.3. The van der Waals surface area contributed by atoms with Crippen molar-refractivity contribution >= 4 is 11.8 Å². The molecule has 0 radical (unpaired) electrons. The predicted octanol–water partition coefficient (Wildman–Crippen LogP) is 3.73. The normalized spacial score (nSPS) is 20.4. The van der Waals surface area contributed by atoms with Crippen LogP contribution in [0.25, 0.3) is 0 Å². The summed E-state index contributed by atoms with van der Waals surface area (Å²) in [5.41, 5.74) is 2.02. The number of esters is 1. The van der Waals surface area contributed by atoms with Gasteiger partial charge in [0, 0.05) is 25.2 Å². The minimum Gasteiger partial charge on any atom is -0.497 e. The second-order valence-electron chi connectivity index (χ2n) is 7.79. The highest BCUT2D eigenvalue weighted by Gasteiger charge is 2.23. The number of ketones is 1. The van der Waals surface area contributed by atoms with Crippen LogP contribution in [0.3, 0.4) is 0 Å². The molecule has 1 heterocycles. The van der Waals surface area contributed by atoms with Gasteiger partial charge in [-0.1, -0.05) is 12.1 Å². The molecule has 6 heteroatoms. The maximum absolute atomic E-state index is 12.5. The van der Waals surface area contributed by atoms with Crippen molar-refractivity contribution < 1.29 is 23.8 Å². The number of carbonyl (C=O) groups is 2. The Morgan fingerprint density at radius 3 is 2.13 bits per heavy atom. The summed E-state index contributed by atoms with van der Waals surface area (Å²) in [6.45, 7) is 8.32. The minimum absolute atomic E-state index is 0.215. The van der Waals surface area contributed by atoms with Crippen molar-refractivity contribution in [2.75, 3.05) is 20.2 Å². The van der Waals surface area contributed by atoms with E-state index in [0.29, 0.717) is 16.9 Å². The molecule has 1 saturated heterocycles. The molecule has 0 bridgehead atoms. The van der Waals surface area contributed by atoms with Crippen molar-refractivity contribution in [2.45, 2.75) is 45.6 Å². The first-order chi connectivity index (χ1) is 14.4. The molecule has 1 fully saturated rings. The third-order valence-corrected chi connectivity index (χ3v) is 5.12. The average Bonchev–Trinajstić information content (AvgIpc) is 2.73. The standard InChI is InChI=1S/C24H29NO5/c1-16-13-25(14-17(2)29-16)15-19-5-7-21(8-6-19)24(27)30-18(3)23(26)20-9-11-22(28-4)12-10-20/h5-12,16-18H,13-15H2,1-4H3. The van der Waals surface area contributed by atoms with Gasteiger partial charge in [0.25, 0.3) is 0 Å². The molecule has 30 heavy (non-hydrogen) atoms. The molecule has 2 aromatic carbocycles. The van der Waals surface area contributed by atoms with Crippen LogP contribution in [0.15, 0.2) is 48.5 Å². The number of carbonyl (C=O) groups excluding carboxylic acids is 2. The van der Waals surface area contributed by atoms with E-state index in [1.807, 2.05) is 12.1 Å². The van der Waals surface area contributed by atoms with Gasteiger partial charge in [-0.2, -0.15) is 0 Å². The number of methoxy groups -OCH3 is 1. The number of nitrogens with zero attached hydrogens (tertiary/aromatic N) is 1. The Morgan fingerprint density at radius 1 is 1.00 bits per heavy atom. The molecule has 1 aliphatic heterocycles. The summed E-state index contributed by atoms with van der Waals surface area (Å²) in [5, 5.41) is 0. The van der Waals surface area contributed by atoms with E-state index in [0.717, 1.165) is 25.2 Å². The Hall–Kier alpha value is -2.70. The van der Waals surface area contributed by atoms with E-state index in [9.17, 15) is 9.59 Å². The fourth-order valence-electron chi connectivity index (χ4n) is 3.69. The number of benzene rings is 2. The van der Waals surface area contributed by atoms with Gasteiger partial charge in [0.2, 0.25) is 5.78 Å². The Labute approximate surface area is 177 Å². The highest BCUT2D eigenvalue weighted by atomic mass is 16.5. The van der Waals surface area contributed by atoms with Crippen molar-refractivity contribution in [1.82, 2.24) is 4.90 Å². The average molecular weight is 411 g/mol. The Morgan fingerprint density at radius 2 is 1.57 bits per heavy atom. The third-order valence-electron chi connectivity index (χ3n) is 5.12. The van der Waals surface area contributed by atoms with E-state index < -0.39 is 12.1 Å². The van der Waals surface area contributed by atoms with Gasteiger partial charge in [-0.3, -0.25) is 9.69 Å². The molecular formula is C24H29NO5. The van der Waals surface area contributed by atoms with Crippen LogP contribution in [0.5, 0.6) is 5.75 Å². The van der Waals surface area contributed by atoms with Crippen LogP contribution in [0.1, 0.15) is 47.1 Å². The van der Waals surface area contributed by atoms with Gasteiger partial charge >= 0.3 is 5.97 Å². The summed E-state index contributed by atoms with van der Waals surface area (Å²) in [6.07, 6.45) is -0.442. The van der Waals surface area contributed by atoms with Crippen LogP contribution >= 0.6 is 0 Å². The maximum Gasteiger partial charge on any atom is 0.338 e. The molecule has 0 amide bonds. The second-order valence-corrected chi connectivity index (χ2v) is 7.79. The van der Waals surface area contributed by atoms with Crippen LogP contribution in [-0.2, 0) is 16.0 Å². The number of morpholine rings is 1. The van der Waals surface area contributed by atoms with Crippen molar-refractivity contribution in [1.29, 1.82) is 0 Å². The van der Waals surface area contributed by atoms with Crippen molar-refractivity contribution in [3.8, 4) is 5.75 Å². The van der Waals surface area contributed by atoms with Gasteiger partial charge in [0.1, 0.15) is 5.75 Å². The second kappa shape index (κ2) is 9.87. The molecule has 0 saturated carbocycles. The first-order valence-electron chi connectivity index (χ1n) is 10.2. The molecule has 0 aliphatic carbocycles. The van der Waals surface area contributed by atoms with Crippen molar-refractivity contribution in [3.05, 3.63) is 65.2 Å². The molecular weight excluding hydrogens is 382 g/mol. The summed E-state index contributed by atoms with van der Waals surface area (Å²) >= 11 is 0. The Bertz CT molecular complexity index is 852. The van der Waals surface area contributed by atoms with Crippen molar-refractivity contribution in [3.63, 3.8) is 0 Å². The lowest BCUT2D eigenvalue weighted by Crippen LogP contribution is -2.44. The lowest BCUT2D eigenvalue weighted by molar-refractivity contribution is -0.0704. The van der Waals surface area contributed by atoms with Crippen LogP contribution in [0, 0.1) is 0 Å². The van der Waals surface area contributed by atoms with Crippen LogP contribution in [0.4, 0.5) is 0 Å². The summed E-state index contributed by atoms with van der Waals surface area (Å²) in [6, 6.07) is 14.1. The minimum atomic E-state index is -0.873. The molecule has 2 aromatic rings. The van der Waals surface area contributed by atoms with E-state index in [-0.39, 0.29) is 18.0 Å². The van der Waals surface area contributed by atoms with E-state index in [2.05, 4.69) is 18.7 Å². The fourth-order valence-corrected chi connectivity index (χ4v) is 3.69. The molecule has 3 rings (SSSR count). The molecule has 160 valence electrons. The van der Waals surface area contributed by atoms with Gasteiger partial charge in [-0.25, -0.2) is 4.79 Å². The number of ether oxygens (including phenoxy) is 3. The number of Topliss-reactive ketones (excluding diaryl/α,β-unsaturated/α-hetero) is 1. The highest BCUT2D eigenvalue weighted by Crippen LogP contribution is 2.17. The molecule has 3 atom stereocenters. The van der Waals surface area contributed by atoms with Gasteiger partial charge in [0.05, 0.1) is 24.9 Å². The zero-order valence-electron chi connectivity index (χ0n) is 18.0. The van der Waals surface area contributed by atoms with E-state index in [1.54, 1.807) is 50.4 Å². The topological polar surface area (TPSA) is 65.1 Å². The quantitative estimate of drug-likeness (QED) is 0.511. The van der Waals surface area contributed by atoms with Crippen LogP contribution < -0.4 is 4.74 Å². The molecule has 3 unspecified atom stereocenters. The Kier molecular flexibility index (Phi) is 7.24. The van der Waals surface area contributed by atoms with Gasteiger partial charge in [0.15, 0.2) is 6.10 Å². The zero-order valence-corrected chi connectivity index (χ0v) is 18.0. The van der Waals surface area contributed by atoms with E-state index >= 15 is 0 Å². The highest BCUT2D eigenvalue weighted by molar-refractivity contribution is 6.01. The number of rotatable bonds is 7. The lowest BCUT2D eigenvalue weighted by atomic mass is 10.1. The fraction of sp³-hybridized carbons (Fsp3) is 0.417. The molecule has 0 spiro atoms. The monoisotopic (exact) mass is 411 g/mol. The molecule has 1 aliphatic rings. The SMILES string of the molecule is COc1ccc(C(=O)C(C)OC(=O)c2ccc(CN3CC(C)OC(C)C3)cc2)cc1. The van der Waals surface area contributed by atoms with E-state index in [4.69, 9.17) is 14.2 Å². The number of hydrogen-bond acceptors (Lipinski definition) is 6. The van der Waals surface area contributed by atoms with Crippen LogP contribution in [0.2, 0.25) is 0 Å². The smallest absolute Gasteiger partial charge is 0.338 e.